The lowest BCUT2D eigenvalue weighted by atomic mass is 9.94. The van der Waals surface area contributed by atoms with Crippen molar-refractivity contribution in [3.8, 4) is 0 Å². The number of hydrogen-bond donors (Lipinski definition) is 1. The third-order valence-electron chi connectivity index (χ3n) is 3.14. The lowest BCUT2D eigenvalue weighted by Crippen LogP contribution is -2.43. The van der Waals surface area contributed by atoms with Crippen molar-refractivity contribution in [3.05, 3.63) is 24.2 Å². The van der Waals surface area contributed by atoms with Gasteiger partial charge in [-0.3, -0.25) is 9.59 Å². The van der Waals surface area contributed by atoms with E-state index in [1.54, 1.807) is 0 Å². The van der Waals surface area contributed by atoms with E-state index >= 15 is 0 Å². The number of carbonyl (C=O) groups is 2. The van der Waals surface area contributed by atoms with Gasteiger partial charge in [-0.1, -0.05) is 13.8 Å². The summed E-state index contributed by atoms with van der Waals surface area (Å²) in [5.74, 6) is -4.06. The molecule has 0 saturated carbocycles. The minimum atomic E-state index is -4.57. The van der Waals surface area contributed by atoms with Crippen molar-refractivity contribution >= 4 is 11.9 Å². The molecular weight excluding hydrogens is 291 g/mol. The Morgan fingerprint density at radius 1 is 1.33 bits per heavy atom. The van der Waals surface area contributed by atoms with E-state index in [1.165, 1.54) is 32.2 Å². The van der Waals surface area contributed by atoms with Gasteiger partial charge in [0.05, 0.1) is 18.7 Å². The Morgan fingerprint density at radius 2 is 1.95 bits per heavy atom. The molecule has 1 amide bonds. The van der Waals surface area contributed by atoms with Crippen LogP contribution in [0, 0.1) is 11.8 Å². The fraction of sp³-hybridized carbons (Fsp3) is 0.538. The number of nitrogens with zero attached hydrogens (tertiary/aromatic N) is 1. The molecule has 1 rings (SSSR count). The summed E-state index contributed by atoms with van der Waals surface area (Å²) < 4.78 is 42.7. The molecule has 0 saturated heterocycles. The summed E-state index contributed by atoms with van der Waals surface area (Å²) in [6, 6.07) is 2.94. The molecule has 2 atom stereocenters. The summed E-state index contributed by atoms with van der Waals surface area (Å²) in [6.07, 6.45) is -3.29. The summed E-state index contributed by atoms with van der Waals surface area (Å²) >= 11 is 0. The van der Waals surface area contributed by atoms with Crippen molar-refractivity contribution < 1.29 is 32.3 Å². The minimum Gasteiger partial charge on any atom is -0.481 e. The van der Waals surface area contributed by atoms with Gasteiger partial charge in [0.15, 0.2) is 0 Å². The quantitative estimate of drug-likeness (QED) is 0.876. The van der Waals surface area contributed by atoms with Gasteiger partial charge >= 0.3 is 12.1 Å². The average Bonchev–Trinajstić information content (AvgIpc) is 2.86. The van der Waals surface area contributed by atoms with Gasteiger partial charge in [0.2, 0.25) is 5.91 Å². The highest BCUT2D eigenvalue weighted by Gasteiger charge is 2.37. The lowest BCUT2D eigenvalue weighted by Gasteiger charge is -2.27. The van der Waals surface area contributed by atoms with Crippen LogP contribution in [0.25, 0.3) is 0 Å². The Morgan fingerprint density at radius 3 is 2.38 bits per heavy atom. The molecule has 0 aliphatic heterocycles. The summed E-state index contributed by atoms with van der Waals surface area (Å²) in [7, 11) is 0. The van der Waals surface area contributed by atoms with E-state index in [2.05, 4.69) is 0 Å². The van der Waals surface area contributed by atoms with Crippen LogP contribution in [-0.4, -0.2) is 34.6 Å². The first-order chi connectivity index (χ1) is 9.61. The maximum absolute atomic E-state index is 12.6. The Bertz CT molecular complexity index is 484. The Labute approximate surface area is 119 Å². The van der Waals surface area contributed by atoms with E-state index in [4.69, 9.17) is 9.52 Å². The zero-order valence-electron chi connectivity index (χ0n) is 11.6. The molecule has 1 aromatic rings. The summed E-state index contributed by atoms with van der Waals surface area (Å²) in [6.45, 7) is 0.765. The van der Waals surface area contributed by atoms with Crippen LogP contribution in [0.2, 0.25) is 0 Å². The molecule has 0 bridgehead atoms. The molecule has 0 fully saturated rings. The van der Waals surface area contributed by atoms with Crippen LogP contribution < -0.4 is 0 Å². The molecule has 1 N–H and O–H groups in total. The number of hydrogen-bond acceptors (Lipinski definition) is 3. The van der Waals surface area contributed by atoms with E-state index in [0.717, 1.165) is 0 Å². The number of rotatable bonds is 6. The minimum absolute atomic E-state index is 0.197. The number of carboxylic acid groups (broad SMARTS) is 1. The zero-order chi connectivity index (χ0) is 16.2. The van der Waals surface area contributed by atoms with E-state index < -0.39 is 36.4 Å². The number of furan rings is 1. The van der Waals surface area contributed by atoms with Crippen molar-refractivity contribution in [2.24, 2.45) is 11.8 Å². The van der Waals surface area contributed by atoms with Gasteiger partial charge in [-0.05, 0) is 12.1 Å². The molecule has 0 aliphatic rings. The predicted molar refractivity (Wildman–Crippen MR) is 66.1 cm³/mol. The molecule has 118 valence electrons. The van der Waals surface area contributed by atoms with Gasteiger partial charge in [-0.25, -0.2) is 0 Å². The maximum atomic E-state index is 12.6. The van der Waals surface area contributed by atoms with Crippen LogP contribution in [0.15, 0.2) is 22.8 Å². The van der Waals surface area contributed by atoms with Gasteiger partial charge in [0, 0.05) is 5.92 Å². The molecule has 8 heteroatoms. The highest BCUT2D eigenvalue weighted by molar-refractivity contribution is 5.84. The van der Waals surface area contributed by atoms with Crippen molar-refractivity contribution in [1.82, 2.24) is 4.90 Å². The second kappa shape index (κ2) is 6.64. The lowest BCUT2D eigenvalue weighted by molar-refractivity contribution is -0.167. The number of alkyl halides is 3. The van der Waals surface area contributed by atoms with Crippen LogP contribution in [0.4, 0.5) is 13.2 Å². The molecule has 2 unspecified atom stereocenters. The smallest absolute Gasteiger partial charge is 0.406 e. The standard InChI is InChI=1S/C13H16F3NO4/c1-8(9(2)12(19)20)11(18)17(7-13(14,15)16)6-10-4-3-5-21-10/h3-5,8-9H,6-7H2,1-2H3,(H,19,20). The summed E-state index contributed by atoms with van der Waals surface area (Å²) in [5.41, 5.74) is 0. The first-order valence-corrected chi connectivity index (χ1v) is 6.22. The summed E-state index contributed by atoms with van der Waals surface area (Å²) in [4.78, 5) is 23.5. The van der Waals surface area contributed by atoms with Crippen LogP contribution in [0.5, 0.6) is 0 Å². The first-order valence-electron chi connectivity index (χ1n) is 6.22. The van der Waals surface area contributed by atoms with Crippen molar-refractivity contribution in [3.63, 3.8) is 0 Å². The van der Waals surface area contributed by atoms with Crippen molar-refractivity contribution in [2.75, 3.05) is 6.54 Å². The fourth-order valence-corrected chi connectivity index (χ4v) is 1.73. The average molecular weight is 307 g/mol. The first kappa shape index (κ1) is 17.1. The molecule has 1 aromatic heterocycles. The molecule has 0 aromatic carbocycles. The third kappa shape index (κ3) is 5.13. The van der Waals surface area contributed by atoms with E-state index in [-0.39, 0.29) is 12.3 Å². The molecule has 5 nitrogen and oxygen atoms in total. The van der Waals surface area contributed by atoms with Gasteiger partial charge in [-0.2, -0.15) is 13.2 Å². The highest BCUT2D eigenvalue weighted by atomic mass is 19.4. The molecule has 1 heterocycles. The number of halogens is 3. The molecule has 0 aliphatic carbocycles. The molecule has 0 spiro atoms. The Hall–Kier alpha value is -1.99. The normalized spacial score (nSPS) is 14.5. The van der Waals surface area contributed by atoms with Gasteiger partial charge < -0.3 is 14.4 Å². The molecule has 21 heavy (non-hydrogen) atoms. The highest BCUT2D eigenvalue weighted by Crippen LogP contribution is 2.22. The largest absolute Gasteiger partial charge is 0.481 e. The van der Waals surface area contributed by atoms with Crippen LogP contribution in [0.1, 0.15) is 19.6 Å². The van der Waals surface area contributed by atoms with Gasteiger partial charge in [-0.15, -0.1) is 0 Å². The van der Waals surface area contributed by atoms with Crippen LogP contribution >= 0.6 is 0 Å². The Kier molecular flexibility index (Phi) is 5.40. The van der Waals surface area contributed by atoms with Crippen molar-refractivity contribution in [2.45, 2.75) is 26.6 Å². The number of carboxylic acids is 1. The topological polar surface area (TPSA) is 70.8 Å². The van der Waals surface area contributed by atoms with Gasteiger partial charge in [0.1, 0.15) is 12.3 Å². The molecule has 0 radical (unpaired) electrons. The predicted octanol–water partition coefficient (Wildman–Crippen LogP) is 2.53. The monoisotopic (exact) mass is 307 g/mol. The van der Waals surface area contributed by atoms with Crippen LogP contribution in [0.3, 0.4) is 0 Å². The van der Waals surface area contributed by atoms with E-state index in [0.29, 0.717) is 4.90 Å². The third-order valence-corrected chi connectivity index (χ3v) is 3.14. The zero-order valence-corrected chi connectivity index (χ0v) is 11.6. The van der Waals surface area contributed by atoms with Crippen LogP contribution in [-0.2, 0) is 16.1 Å². The SMILES string of the molecule is CC(C(=O)O)C(C)C(=O)N(Cc1ccco1)CC(F)(F)F. The number of carbonyl (C=O) groups excluding carboxylic acids is 1. The second-order valence-electron chi connectivity index (χ2n) is 4.80. The maximum Gasteiger partial charge on any atom is 0.406 e. The summed E-state index contributed by atoms with van der Waals surface area (Å²) in [5, 5.41) is 8.86. The fourth-order valence-electron chi connectivity index (χ4n) is 1.73. The van der Waals surface area contributed by atoms with Gasteiger partial charge in [0.25, 0.3) is 0 Å². The van der Waals surface area contributed by atoms with E-state index in [9.17, 15) is 22.8 Å². The van der Waals surface area contributed by atoms with Crippen molar-refractivity contribution in [1.29, 1.82) is 0 Å². The second-order valence-corrected chi connectivity index (χ2v) is 4.80. The number of aliphatic carboxylic acids is 1. The Balaban J connectivity index is 2.89. The van der Waals surface area contributed by atoms with E-state index in [1.807, 2.05) is 0 Å². The number of amides is 1. The molecular formula is C13H16F3NO4.